The first-order valence-corrected chi connectivity index (χ1v) is 2.47. The second-order valence-corrected chi connectivity index (χ2v) is 1.46. The highest BCUT2D eigenvalue weighted by Gasteiger charge is 1.92. The molecule has 0 bridgehead atoms. The first kappa shape index (κ1) is 7.01. The summed E-state index contributed by atoms with van der Waals surface area (Å²) in [6.07, 6.45) is 2.09. The molecule has 3 nitrogen and oxygen atoms in total. The minimum atomic E-state index is 0.0648. The molecule has 0 aromatic carbocycles. The molecule has 0 rings (SSSR count). The zero-order valence-corrected chi connectivity index (χ0v) is 4.94. The Morgan fingerprint density at radius 2 is 2.25 bits per heavy atom. The lowest BCUT2D eigenvalue weighted by molar-refractivity contribution is 1.14. The van der Waals surface area contributed by atoms with Crippen LogP contribution in [0, 0.1) is 5.41 Å². The van der Waals surface area contributed by atoms with E-state index < -0.39 is 0 Å². The van der Waals surface area contributed by atoms with Gasteiger partial charge in [0.25, 0.3) is 0 Å². The molecule has 0 amide bonds. The van der Waals surface area contributed by atoms with Crippen molar-refractivity contribution in [1.29, 1.82) is 5.41 Å². The van der Waals surface area contributed by atoms with Gasteiger partial charge >= 0.3 is 0 Å². The van der Waals surface area contributed by atoms with Gasteiger partial charge in [-0.25, -0.2) is 0 Å². The molecular weight excluding hydrogens is 102 g/mol. The summed E-state index contributed by atoms with van der Waals surface area (Å²) in [5, 5.41) is 6.88. The molecule has 0 aromatic heterocycles. The third-order valence-electron chi connectivity index (χ3n) is 0.928. The average molecular weight is 113 g/mol. The molecule has 5 N–H and O–H groups in total. The SMILES string of the molecule is CCC(=CN)C(=N)N. The Kier molecular flexibility index (Phi) is 2.69. The summed E-state index contributed by atoms with van der Waals surface area (Å²) in [6.45, 7) is 1.90. The van der Waals surface area contributed by atoms with Crippen molar-refractivity contribution in [3.05, 3.63) is 11.8 Å². The summed E-state index contributed by atoms with van der Waals surface area (Å²) in [5.41, 5.74) is 10.9. The van der Waals surface area contributed by atoms with Crippen LogP contribution in [0.15, 0.2) is 11.8 Å². The van der Waals surface area contributed by atoms with E-state index in [1.54, 1.807) is 0 Å². The fraction of sp³-hybridized carbons (Fsp3) is 0.400. The van der Waals surface area contributed by atoms with Crippen molar-refractivity contribution in [3.63, 3.8) is 0 Å². The van der Waals surface area contributed by atoms with Crippen LogP contribution in [0.25, 0.3) is 0 Å². The van der Waals surface area contributed by atoms with Gasteiger partial charge in [0.15, 0.2) is 0 Å². The topological polar surface area (TPSA) is 75.9 Å². The van der Waals surface area contributed by atoms with Gasteiger partial charge in [-0.05, 0) is 6.42 Å². The van der Waals surface area contributed by atoms with Crippen LogP contribution < -0.4 is 11.5 Å². The Balaban J connectivity index is 3.92. The van der Waals surface area contributed by atoms with Gasteiger partial charge in [0.1, 0.15) is 5.84 Å². The van der Waals surface area contributed by atoms with Crippen molar-refractivity contribution in [2.75, 3.05) is 0 Å². The molecule has 0 aromatic rings. The Morgan fingerprint density at radius 1 is 1.75 bits per heavy atom. The van der Waals surface area contributed by atoms with E-state index >= 15 is 0 Å². The second kappa shape index (κ2) is 3.07. The molecule has 0 radical (unpaired) electrons. The lowest BCUT2D eigenvalue weighted by Gasteiger charge is -1.96. The van der Waals surface area contributed by atoms with Gasteiger partial charge in [0.2, 0.25) is 0 Å². The monoisotopic (exact) mass is 113 g/mol. The first-order valence-electron chi connectivity index (χ1n) is 2.47. The van der Waals surface area contributed by atoms with E-state index in [4.69, 9.17) is 16.9 Å². The van der Waals surface area contributed by atoms with Gasteiger partial charge in [0, 0.05) is 11.8 Å². The van der Waals surface area contributed by atoms with Crippen LogP contribution in [0.4, 0.5) is 0 Å². The molecule has 0 aliphatic rings. The van der Waals surface area contributed by atoms with E-state index in [9.17, 15) is 0 Å². The normalized spacial score (nSPS) is 11.4. The molecule has 0 saturated heterocycles. The van der Waals surface area contributed by atoms with Crippen molar-refractivity contribution >= 4 is 5.84 Å². The highest BCUT2D eigenvalue weighted by atomic mass is 14.7. The smallest absolute Gasteiger partial charge is 0.120 e. The third kappa shape index (κ3) is 1.64. The van der Waals surface area contributed by atoms with E-state index in [0.717, 1.165) is 6.42 Å². The van der Waals surface area contributed by atoms with Crippen LogP contribution >= 0.6 is 0 Å². The lowest BCUT2D eigenvalue weighted by atomic mass is 10.2. The molecule has 0 unspecified atom stereocenters. The molecule has 0 spiro atoms. The van der Waals surface area contributed by atoms with Crippen LogP contribution in [0.5, 0.6) is 0 Å². The Morgan fingerprint density at radius 3 is 2.25 bits per heavy atom. The predicted octanol–water partition coefficient (Wildman–Crippen LogP) is 0.175. The number of rotatable bonds is 2. The van der Waals surface area contributed by atoms with Gasteiger partial charge < -0.3 is 11.5 Å². The maximum Gasteiger partial charge on any atom is 0.120 e. The van der Waals surface area contributed by atoms with Crippen molar-refractivity contribution in [3.8, 4) is 0 Å². The van der Waals surface area contributed by atoms with E-state index in [1.165, 1.54) is 6.20 Å². The maximum atomic E-state index is 6.88. The third-order valence-corrected chi connectivity index (χ3v) is 0.928. The number of nitrogens with two attached hydrogens (primary N) is 2. The summed E-state index contributed by atoms with van der Waals surface area (Å²) in [5.74, 6) is 0.0648. The van der Waals surface area contributed by atoms with Gasteiger partial charge in [-0.2, -0.15) is 0 Å². The van der Waals surface area contributed by atoms with Crippen molar-refractivity contribution in [2.45, 2.75) is 13.3 Å². The quantitative estimate of drug-likeness (QED) is 0.353. The fourth-order valence-electron chi connectivity index (χ4n) is 0.398. The predicted molar refractivity (Wildman–Crippen MR) is 34.5 cm³/mol. The highest BCUT2D eigenvalue weighted by Crippen LogP contribution is 1.94. The molecule has 0 saturated carbocycles. The minimum Gasteiger partial charge on any atom is -0.404 e. The Labute approximate surface area is 48.9 Å². The standard InChI is InChI=1S/C5H11N3/c1-2-4(3-6)5(7)8/h3H,2,6H2,1H3,(H3,7,8). The Hall–Kier alpha value is -0.990. The first-order chi connectivity index (χ1) is 3.72. The Bertz CT molecular complexity index is 115. The van der Waals surface area contributed by atoms with Crippen LogP contribution in [-0.2, 0) is 0 Å². The maximum absolute atomic E-state index is 6.88. The minimum absolute atomic E-state index is 0.0648. The summed E-state index contributed by atoms with van der Waals surface area (Å²) >= 11 is 0. The molecule has 0 atom stereocenters. The van der Waals surface area contributed by atoms with Gasteiger partial charge in [-0.15, -0.1) is 0 Å². The zero-order valence-electron chi connectivity index (χ0n) is 4.94. The molecule has 0 aliphatic heterocycles. The summed E-state index contributed by atoms with van der Waals surface area (Å²) in [7, 11) is 0. The summed E-state index contributed by atoms with van der Waals surface area (Å²) in [6, 6.07) is 0. The molecule has 46 valence electrons. The number of amidine groups is 1. The van der Waals surface area contributed by atoms with Crippen molar-refractivity contribution < 1.29 is 0 Å². The number of nitrogens with one attached hydrogen (secondary N) is 1. The fourth-order valence-corrected chi connectivity index (χ4v) is 0.398. The molecule has 0 heterocycles. The molecule has 0 aliphatic carbocycles. The summed E-state index contributed by atoms with van der Waals surface area (Å²) < 4.78 is 0. The van der Waals surface area contributed by atoms with Crippen LogP contribution in [0.1, 0.15) is 13.3 Å². The van der Waals surface area contributed by atoms with Crippen molar-refractivity contribution in [2.24, 2.45) is 11.5 Å². The zero-order chi connectivity index (χ0) is 6.57. The van der Waals surface area contributed by atoms with Gasteiger partial charge in [0.05, 0.1) is 0 Å². The number of hydrogen-bond donors (Lipinski definition) is 3. The average Bonchev–Trinajstić information content (AvgIpc) is 1.69. The molecule has 3 heteroatoms. The van der Waals surface area contributed by atoms with E-state index in [1.807, 2.05) is 6.92 Å². The summed E-state index contributed by atoms with van der Waals surface area (Å²) in [4.78, 5) is 0. The van der Waals surface area contributed by atoms with E-state index in [0.29, 0.717) is 5.57 Å². The van der Waals surface area contributed by atoms with Crippen LogP contribution in [0.2, 0.25) is 0 Å². The lowest BCUT2D eigenvalue weighted by Crippen LogP contribution is -2.13. The van der Waals surface area contributed by atoms with Crippen molar-refractivity contribution in [1.82, 2.24) is 0 Å². The second-order valence-electron chi connectivity index (χ2n) is 1.46. The van der Waals surface area contributed by atoms with E-state index in [-0.39, 0.29) is 5.84 Å². The van der Waals surface area contributed by atoms with E-state index in [2.05, 4.69) is 0 Å². The number of hydrogen-bond acceptors (Lipinski definition) is 2. The molecule has 8 heavy (non-hydrogen) atoms. The van der Waals surface area contributed by atoms with Crippen LogP contribution in [0.3, 0.4) is 0 Å². The van der Waals surface area contributed by atoms with Gasteiger partial charge in [-0.3, -0.25) is 5.41 Å². The van der Waals surface area contributed by atoms with Gasteiger partial charge in [-0.1, -0.05) is 6.92 Å². The highest BCUT2D eigenvalue weighted by molar-refractivity contribution is 5.94. The van der Waals surface area contributed by atoms with Crippen LogP contribution in [-0.4, -0.2) is 5.84 Å². The molecule has 0 fully saturated rings. The molecular formula is C5H11N3. The largest absolute Gasteiger partial charge is 0.404 e.